The second-order valence-corrected chi connectivity index (χ2v) is 9.78. The van der Waals surface area contributed by atoms with E-state index in [2.05, 4.69) is 12.1 Å². The lowest BCUT2D eigenvalue weighted by atomic mass is 10.0. The maximum Gasteiger partial charge on any atom is 0.344 e. The summed E-state index contributed by atoms with van der Waals surface area (Å²) in [6.07, 6.45) is 18.7. The Hall–Kier alpha value is -3.02. The zero-order valence-corrected chi connectivity index (χ0v) is 23.5. The van der Waals surface area contributed by atoms with Crippen LogP contribution in [0.3, 0.4) is 0 Å². The van der Waals surface area contributed by atoms with Crippen LogP contribution in [0.2, 0.25) is 0 Å². The first-order valence-corrected chi connectivity index (χ1v) is 14.4. The van der Waals surface area contributed by atoms with Gasteiger partial charge in [-0.25, -0.2) is 4.79 Å². The molecule has 0 aliphatic carbocycles. The van der Waals surface area contributed by atoms with E-state index in [0.29, 0.717) is 18.1 Å². The molecule has 0 unspecified atom stereocenters. The number of ether oxygens (including phenoxy) is 2. The number of hydrogen-bond acceptors (Lipinski definition) is 5. The van der Waals surface area contributed by atoms with Crippen LogP contribution in [-0.4, -0.2) is 37.1 Å². The summed E-state index contributed by atoms with van der Waals surface area (Å²) in [5, 5.41) is 13.0. The molecule has 0 saturated carbocycles. The third kappa shape index (κ3) is 13.0. The van der Waals surface area contributed by atoms with E-state index >= 15 is 0 Å². The summed E-state index contributed by atoms with van der Waals surface area (Å²) in [5.41, 5.74) is 2.00. The Balaban J connectivity index is 1.67. The third-order valence-corrected chi connectivity index (χ3v) is 6.60. The molecule has 2 aromatic rings. The highest BCUT2D eigenvalue weighted by Crippen LogP contribution is 2.24. The van der Waals surface area contributed by atoms with Crippen LogP contribution in [0, 0.1) is 0 Å². The van der Waals surface area contributed by atoms with E-state index in [1.54, 1.807) is 7.11 Å². The minimum absolute atomic E-state index is 0.502. The summed E-state index contributed by atoms with van der Waals surface area (Å²) in [6.45, 7) is 2.46. The van der Waals surface area contributed by atoms with Gasteiger partial charge >= 0.3 is 5.97 Å². The normalized spacial score (nSPS) is 11.4. The molecule has 6 heteroatoms. The van der Waals surface area contributed by atoms with Crippen LogP contribution < -0.4 is 9.47 Å². The molecule has 0 aromatic heterocycles. The first-order chi connectivity index (χ1) is 18.7. The maximum absolute atomic E-state index is 10.9. The summed E-state index contributed by atoms with van der Waals surface area (Å²) in [4.78, 5) is 15.9. The Morgan fingerprint density at radius 3 is 1.87 bits per heavy atom. The molecule has 2 rings (SSSR count). The predicted molar refractivity (Wildman–Crippen MR) is 154 cm³/mol. The van der Waals surface area contributed by atoms with Crippen molar-refractivity contribution in [3.05, 3.63) is 59.7 Å². The number of carboxylic acid groups (broad SMARTS) is 1. The van der Waals surface area contributed by atoms with Gasteiger partial charge in [0.1, 0.15) is 17.2 Å². The largest absolute Gasteiger partial charge is 0.496 e. The number of methoxy groups -OCH3 is 1. The van der Waals surface area contributed by atoms with Gasteiger partial charge in [0.15, 0.2) is 0 Å². The lowest BCUT2D eigenvalue weighted by Crippen LogP contribution is -2.09. The molecule has 0 atom stereocenters. The van der Waals surface area contributed by atoms with Crippen molar-refractivity contribution in [3.63, 3.8) is 0 Å². The third-order valence-electron chi connectivity index (χ3n) is 6.60. The molecule has 0 spiro atoms. The second kappa shape index (κ2) is 20.0. The van der Waals surface area contributed by atoms with Crippen molar-refractivity contribution in [1.29, 1.82) is 0 Å². The first-order valence-electron chi connectivity index (χ1n) is 14.4. The van der Waals surface area contributed by atoms with Gasteiger partial charge in [-0.15, -0.1) is 0 Å². The van der Waals surface area contributed by atoms with E-state index < -0.39 is 12.6 Å². The average molecular weight is 526 g/mol. The van der Waals surface area contributed by atoms with Crippen molar-refractivity contribution >= 4 is 11.7 Å². The molecular formula is C32H47NO5. The fourth-order valence-electron chi connectivity index (χ4n) is 4.45. The lowest BCUT2D eigenvalue weighted by Gasteiger charge is -2.12. The monoisotopic (exact) mass is 525 g/mol. The summed E-state index contributed by atoms with van der Waals surface area (Å²) in [5.74, 6) is 0.345. The molecule has 0 bridgehead atoms. The van der Waals surface area contributed by atoms with Crippen LogP contribution in [0.25, 0.3) is 0 Å². The smallest absolute Gasteiger partial charge is 0.344 e. The highest BCUT2D eigenvalue weighted by atomic mass is 16.6. The molecule has 0 aliphatic heterocycles. The molecule has 0 amide bonds. The van der Waals surface area contributed by atoms with Crippen LogP contribution in [-0.2, 0) is 9.63 Å². The number of benzene rings is 2. The number of rotatable bonds is 22. The lowest BCUT2D eigenvalue weighted by molar-refractivity contribution is -0.142. The van der Waals surface area contributed by atoms with Gasteiger partial charge < -0.3 is 19.4 Å². The fourth-order valence-corrected chi connectivity index (χ4v) is 4.45. The standard InChI is InChI=1S/C32H47NO5/c1-3-4-5-6-7-8-9-10-11-12-13-14-15-18-25-37-28-23-21-27(22-24-28)32(33-38-26-31(34)35)29-19-16-17-20-30(29)36-2/h16-17,19-24H,3-15,18,25-26H2,1-2H3,(H,34,35)/b33-32-. The maximum atomic E-state index is 10.9. The number of nitrogens with zero attached hydrogens (tertiary/aromatic N) is 1. The molecular weight excluding hydrogens is 478 g/mol. The molecule has 0 radical (unpaired) electrons. The van der Waals surface area contributed by atoms with E-state index in [9.17, 15) is 4.79 Å². The van der Waals surface area contributed by atoms with Gasteiger partial charge in [0.25, 0.3) is 0 Å². The fraction of sp³-hybridized carbons (Fsp3) is 0.562. The van der Waals surface area contributed by atoms with Crippen LogP contribution in [0.15, 0.2) is 53.7 Å². The topological polar surface area (TPSA) is 77.4 Å². The van der Waals surface area contributed by atoms with E-state index in [4.69, 9.17) is 19.4 Å². The Bertz CT molecular complexity index is 926. The zero-order valence-electron chi connectivity index (χ0n) is 23.5. The van der Waals surface area contributed by atoms with Crippen molar-refractivity contribution < 1.29 is 24.2 Å². The summed E-state index contributed by atoms with van der Waals surface area (Å²) < 4.78 is 11.4. The molecule has 0 heterocycles. The van der Waals surface area contributed by atoms with E-state index in [1.165, 1.54) is 83.5 Å². The number of para-hydroxylation sites is 1. The molecule has 38 heavy (non-hydrogen) atoms. The number of carbonyl (C=O) groups is 1. The Labute approximate surface area is 229 Å². The predicted octanol–water partition coefficient (Wildman–Crippen LogP) is 8.41. The van der Waals surface area contributed by atoms with Crippen molar-refractivity contribution in [1.82, 2.24) is 0 Å². The van der Waals surface area contributed by atoms with E-state index in [-0.39, 0.29) is 0 Å². The molecule has 2 aromatic carbocycles. The minimum atomic E-state index is -1.08. The Morgan fingerprint density at radius 1 is 0.763 bits per heavy atom. The molecule has 210 valence electrons. The number of oxime groups is 1. The van der Waals surface area contributed by atoms with Crippen LogP contribution in [0.1, 0.15) is 108 Å². The van der Waals surface area contributed by atoms with Crippen LogP contribution in [0.5, 0.6) is 11.5 Å². The van der Waals surface area contributed by atoms with Crippen LogP contribution >= 0.6 is 0 Å². The highest BCUT2D eigenvalue weighted by Gasteiger charge is 2.14. The molecule has 0 aliphatic rings. The summed E-state index contributed by atoms with van der Waals surface area (Å²) >= 11 is 0. The van der Waals surface area contributed by atoms with Crippen molar-refractivity contribution in [2.24, 2.45) is 5.16 Å². The number of carboxylic acids is 1. The molecule has 0 saturated heterocycles. The van der Waals surface area contributed by atoms with Gasteiger partial charge in [-0.1, -0.05) is 108 Å². The Morgan fingerprint density at radius 2 is 1.32 bits per heavy atom. The van der Waals surface area contributed by atoms with Gasteiger partial charge in [0.2, 0.25) is 6.61 Å². The van der Waals surface area contributed by atoms with Gasteiger partial charge in [-0.05, 0) is 42.8 Å². The number of unbranched alkanes of at least 4 members (excludes halogenated alkanes) is 13. The van der Waals surface area contributed by atoms with Crippen molar-refractivity contribution in [2.45, 2.75) is 96.8 Å². The average Bonchev–Trinajstić information content (AvgIpc) is 2.93. The number of aliphatic carboxylic acids is 1. The summed E-state index contributed by atoms with van der Waals surface area (Å²) in [7, 11) is 1.59. The first kappa shape index (κ1) is 31.2. The zero-order chi connectivity index (χ0) is 27.3. The highest BCUT2D eigenvalue weighted by molar-refractivity contribution is 6.14. The van der Waals surface area contributed by atoms with Gasteiger partial charge in [0, 0.05) is 11.1 Å². The van der Waals surface area contributed by atoms with Crippen LogP contribution in [0.4, 0.5) is 0 Å². The summed E-state index contributed by atoms with van der Waals surface area (Å²) in [6, 6.07) is 15.0. The molecule has 6 nitrogen and oxygen atoms in total. The minimum Gasteiger partial charge on any atom is -0.496 e. The molecule has 1 N–H and O–H groups in total. The Kier molecular flexibility index (Phi) is 16.4. The number of hydrogen-bond donors (Lipinski definition) is 1. The van der Waals surface area contributed by atoms with Gasteiger partial charge in [-0.2, -0.15) is 0 Å². The van der Waals surface area contributed by atoms with Gasteiger partial charge in [0.05, 0.1) is 13.7 Å². The van der Waals surface area contributed by atoms with E-state index in [1.807, 2.05) is 48.5 Å². The molecule has 0 fully saturated rings. The van der Waals surface area contributed by atoms with Crippen molar-refractivity contribution in [2.75, 3.05) is 20.3 Å². The SMILES string of the molecule is CCCCCCCCCCCCCCCCOc1ccc(/C(=N/OCC(=O)O)c2ccccc2OC)cc1. The van der Waals surface area contributed by atoms with Gasteiger partial charge in [-0.3, -0.25) is 0 Å². The quantitative estimate of drug-likeness (QED) is 0.0948. The van der Waals surface area contributed by atoms with E-state index in [0.717, 1.165) is 23.3 Å². The van der Waals surface area contributed by atoms with Crippen molar-refractivity contribution in [3.8, 4) is 11.5 Å². The second-order valence-electron chi connectivity index (χ2n) is 9.78.